The Bertz CT molecular complexity index is 2270. The second kappa shape index (κ2) is 28.9. The number of amides is 1. The number of benzene rings is 4. The van der Waals surface area contributed by atoms with E-state index in [1.54, 1.807) is 48.5 Å². The number of hydrogen-bond donors (Lipinski definition) is 4. The molecule has 8 nitrogen and oxygen atoms in total. The van der Waals surface area contributed by atoms with Crippen molar-refractivity contribution in [2.45, 2.75) is 96.1 Å². The summed E-state index contributed by atoms with van der Waals surface area (Å²) in [5.41, 5.74) is 10.0. The smallest absolute Gasteiger partial charge is 0.328 e. The highest BCUT2D eigenvalue weighted by Gasteiger charge is 2.42. The molecule has 368 valence electrons. The molecule has 2 unspecified atom stereocenters. The minimum atomic E-state index is -0.638. The summed E-state index contributed by atoms with van der Waals surface area (Å²) in [6.07, 6.45) is 17.5. The molecular formula is C51H61Cl5N4O4S4. The van der Waals surface area contributed by atoms with Crippen molar-refractivity contribution in [2.24, 2.45) is 10.8 Å². The predicted molar refractivity (Wildman–Crippen MR) is 300 cm³/mol. The monoisotopic (exact) mass is 1100 g/mol. The number of halogens is 5. The van der Waals surface area contributed by atoms with Gasteiger partial charge in [0.15, 0.2) is 0 Å². The maximum absolute atomic E-state index is 12.6. The number of nitrogens with two attached hydrogens (primary N) is 1. The van der Waals surface area contributed by atoms with Crippen LogP contribution in [0, 0.1) is 10.8 Å². The molecule has 17 heteroatoms. The third-order valence-corrected chi connectivity index (χ3v) is 16.2. The summed E-state index contributed by atoms with van der Waals surface area (Å²) in [6, 6.07) is 24.9. The highest BCUT2D eigenvalue weighted by molar-refractivity contribution is 7.98. The number of nitrogen functional groups attached to an aromatic ring is 1. The molecule has 1 amide bonds. The van der Waals surface area contributed by atoms with E-state index in [9.17, 15) is 14.4 Å². The first-order valence-corrected chi connectivity index (χ1v) is 28.0. The van der Waals surface area contributed by atoms with Crippen molar-refractivity contribution in [2.75, 3.05) is 42.2 Å². The molecule has 0 radical (unpaired) electrons. The van der Waals surface area contributed by atoms with Crippen LogP contribution < -0.4 is 21.7 Å². The Balaban J connectivity index is 0.000000258. The van der Waals surface area contributed by atoms with Crippen LogP contribution >= 0.6 is 106 Å². The van der Waals surface area contributed by atoms with Gasteiger partial charge in [-0.05, 0) is 160 Å². The Morgan fingerprint density at radius 3 is 1.54 bits per heavy atom. The second-order valence-corrected chi connectivity index (χ2v) is 21.9. The lowest BCUT2D eigenvalue weighted by atomic mass is 9.66. The molecule has 0 saturated heterocycles. The number of methoxy groups -OCH3 is 1. The van der Waals surface area contributed by atoms with Gasteiger partial charge in [0.05, 0.1) is 48.3 Å². The average molecular weight is 1100 g/mol. The summed E-state index contributed by atoms with van der Waals surface area (Å²) in [7, 11) is 1.39. The quantitative estimate of drug-likeness (QED) is 0.0222. The number of nitrogens with one attached hydrogen (secondary N) is 3. The van der Waals surface area contributed by atoms with Gasteiger partial charge in [-0.1, -0.05) is 120 Å². The second-order valence-electron chi connectivity index (χ2n) is 17.2. The standard InChI is InChI=1S/C26H30Cl2N2O3S2.C18H28N2S2.C7H3Cl3O/c1-33-24(32)21(30-25(34)26(12-4-13-26)14-5-15-35-2)16-17-8-10-18(11-9-17)29-23(31)22-19(27)6-3-7-20(22)28;1-14(13-15-5-7-16(19)8-6-15)20-17(21)18(9-3-10-18)11-4-12-22-2;8-4-2-1-3-5(9)6(4)7(10)11/h3,6-11,21H,4-5,12-16H2,1-2H3,(H,29,31)(H,30,34);5-8,14H,3-4,9-13,19H2,1-2H3,(H,20,21);1-3H. The fraction of sp³-hybridized carbons (Fsp3) is 0.431. The summed E-state index contributed by atoms with van der Waals surface area (Å²) < 4.78 is 5.05. The maximum Gasteiger partial charge on any atom is 0.328 e. The zero-order chi connectivity index (χ0) is 49.9. The number of carbonyl (C=O) groups excluding carboxylic acids is 3. The summed E-state index contributed by atoms with van der Waals surface area (Å²) in [5.74, 6) is 1.61. The van der Waals surface area contributed by atoms with Gasteiger partial charge < -0.3 is 26.4 Å². The minimum Gasteiger partial charge on any atom is -0.467 e. The molecule has 0 heterocycles. The van der Waals surface area contributed by atoms with Crippen molar-refractivity contribution >= 4 is 144 Å². The Morgan fingerprint density at radius 2 is 1.13 bits per heavy atom. The highest BCUT2D eigenvalue weighted by atomic mass is 35.5. The molecule has 6 rings (SSSR count). The van der Waals surface area contributed by atoms with Crippen LogP contribution in [0.2, 0.25) is 20.1 Å². The van der Waals surface area contributed by atoms with E-state index in [0.717, 1.165) is 65.5 Å². The van der Waals surface area contributed by atoms with E-state index in [0.29, 0.717) is 23.6 Å². The molecule has 0 spiro atoms. The average Bonchev–Trinajstić information content (AvgIpc) is 3.26. The molecular weight excluding hydrogens is 1040 g/mol. The molecule has 0 aromatic heterocycles. The number of thiocarbonyl (C=S) groups is 2. The van der Waals surface area contributed by atoms with E-state index in [4.69, 9.17) is 92.9 Å². The van der Waals surface area contributed by atoms with Crippen LogP contribution in [0.25, 0.3) is 0 Å². The van der Waals surface area contributed by atoms with Gasteiger partial charge in [-0.25, -0.2) is 4.79 Å². The lowest BCUT2D eigenvalue weighted by molar-refractivity contribution is -0.142. The number of carbonyl (C=O) groups is 3. The van der Waals surface area contributed by atoms with Gasteiger partial charge in [0.2, 0.25) is 0 Å². The van der Waals surface area contributed by atoms with E-state index < -0.39 is 11.3 Å². The lowest BCUT2D eigenvalue weighted by Gasteiger charge is -2.43. The number of anilines is 2. The number of thioether (sulfide) groups is 2. The minimum absolute atomic E-state index is 0.00847. The van der Waals surface area contributed by atoms with Gasteiger partial charge in [0.25, 0.3) is 11.1 Å². The van der Waals surface area contributed by atoms with E-state index in [2.05, 4.69) is 47.5 Å². The number of rotatable bonds is 20. The van der Waals surface area contributed by atoms with Gasteiger partial charge in [0, 0.05) is 34.7 Å². The van der Waals surface area contributed by atoms with Crippen LogP contribution in [0.15, 0.2) is 84.9 Å². The van der Waals surface area contributed by atoms with E-state index >= 15 is 0 Å². The Labute approximate surface area is 447 Å². The Kier molecular flexibility index (Phi) is 24.6. The first kappa shape index (κ1) is 57.8. The molecule has 2 saturated carbocycles. The normalized spacial score (nSPS) is 15.0. The van der Waals surface area contributed by atoms with Crippen LogP contribution in [-0.4, -0.2) is 70.3 Å². The summed E-state index contributed by atoms with van der Waals surface area (Å²) in [5, 5.41) is 10.2. The zero-order valence-electron chi connectivity index (χ0n) is 38.9. The fourth-order valence-electron chi connectivity index (χ4n) is 8.13. The molecule has 2 aliphatic rings. The molecule has 4 aromatic carbocycles. The van der Waals surface area contributed by atoms with Crippen molar-refractivity contribution in [1.82, 2.24) is 10.6 Å². The first-order valence-electron chi connectivity index (χ1n) is 22.5. The van der Waals surface area contributed by atoms with Crippen molar-refractivity contribution in [3.8, 4) is 0 Å². The largest absolute Gasteiger partial charge is 0.467 e. The molecule has 0 bridgehead atoms. The molecule has 2 aliphatic carbocycles. The molecule has 68 heavy (non-hydrogen) atoms. The van der Waals surface area contributed by atoms with Gasteiger partial charge >= 0.3 is 5.97 Å². The van der Waals surface area contributed by atoms with Crippen LogP contribution in [0.4, 0.5) is 11.4 Å². The first-order chi connectivity index (χ1) is 32.5. The number of esters is 1. The topological polar surface area (TPSA) is 123 Å². The van der Waals surface area contributed by atoms with Crippen molar-refractivity contribution < 1.29 is 19.1 Å². The number of hydrogen-bond acceptors (Lipinski definition) is 9. The van der Waals surface area contributed by atoms with Crippen LogP contribution in [0.5, 0.6) is 0 Å². The van der Waals surface area contributed by atoms with Gasteiger partial charge in [-0.3, -0.25) is 9.59 Å². The van der Waals surface area contributed by atoms with E-state index in [1.165, 1.54) is 50.5 Å². The molecule has 2 atom stereocenters. The Morgan fingerprint density at radius 1 is 0.691 bits per heavy atom. The van der Waals surface area contributed by atoms with E-state index in [1.807, 2.05) is 47.8 Å². The third-order valence-electron chi connectivity index (χ3n) is 12.3. The fourth-order valence-corrected chi connectivity index (χ4v) is 11.4. The van der Waals surface area contributed by atoms with Gasteiger partial charge in [-0.15, -0.1) is 0 Å². The molecule has 2 fully saturated rings. The van der Waals surface area contributed by atoms with Crippen molar-refractivity contribution in [3.63, 3.8) is 0 Å². The third kappa shape index (κ3) is 17.2. The predicted octanol–water partition coefficient (Wildman–Crippen LogP) is 14.4. The molecule has 0 aliphatic heterocycles. The number of ether oxygens (including phenoxy) is 1. The Hall–Kier alpha value is -2.78. The van der Waals surface area contributed by atoms with Crippen LogP contribution in [-0.2, 0) is 22.4 Å². The highest BCUT2D eigenvalue weighted by Crippen LogP contribution is 2.47. The zero-order valence-corrected chi connectivity index (χ0v) is 45.9. The molecule has 4 aromatic rings. The van der Waals surface area contributed by atoms with E-state index in [-0.39, 0.29) is 48.5 Å². The van der Waals surface area contributed by atoms with Gasteiger partial charge in [-0.2, -0.15) is 23.5 Å². The SMILES string of the molecule is COC(=O)C(Cc1ccc(NC(=O)c2c(Cl)cccc2Cl)cc1)NC(=S)C1(CCCSC)CCC1.CSCCCC1(C(=S)NC(C)Cc2ccc(N)cc2)CCC1.O=C(Cl)c1c(Cl)cccc1Cl. The molecule has 5 N–H and O–H groups in total. The van der Waals surface area contributed by atoms with Crippen LogP contribution in [0.3, 0.4) is 0 Å². The summed E-state index contributed by atoms with van der Waals surface area (Å²) in [4.78, 5) is 37.7. The lowest BCUT2D eigenvalue weighted by Crippen LogP contribution is -2.51. The van der Waals surface area contributed by atoms with Gasteiger partial charge in [0.1, 0.15) is 6.04 Å². The van der Waals surface area contributed by atoms with Crippen molar-refractivity contribution in [3.05, 3.63) is 127 Å². The summed E-state index contributed by atoms with van der Waals surface area (Å²) in [6.45, 7) is 2.22. The maximum atomic E-state index is 12.6. The summed E-state index contributed by atoms with van der Waals surface area (Å²) >= 11 is 44.1. The van der Waals surface area contributed by atoms with Crippen molar-refractivity contribution in [1.29, 1.82) is 0 Å². The van der Waals surface area contributed by atoms with Crippen LogP contribution in [0.1, 0.15) is 103 Å².